The second-order valence-electron chi connectivity index (χ2n) is 28.8. The molecule has 6 atom stereocenters. The monoisotopic (exact) mass is 1420 g/mol. The zero-order chi connectivity index (χ0) is 71.4. The van der Waals surface area contributed by atoms with E-state index in [4.69, 9.17) is 37.0 Å². The normalized spacial score (nSPS) is 14.2. The fourth-order valence-corrected chi connectivity index (χ4v) is 13.6. The topological polar surface area (TPSA) is 237 Å². The Bertz CT molecular complexity index is 1870. The first-order valence-corrected chi connectivity index (χ1v) is 43.5. The van der Waals surface area contributed by atoms with Gasteiger partial charge in [-0.05, 0) is 37.5 Å². The third-order valence-corrected chi connectivity index (χ3v) is 20.5. The maximum Gasteiger partial charge on any atom is 0.472 e. The molecule has 0 aliphatic carbocycles. The van der Waals surface area contributed by atoms with E-state index in [1.165, 1.54) is 225 Å². The number of phosphoric acid groups is 2. The summed E-state index contributed by atoms with van der Waals surface area (Å²) in [5.41, 5.74) is 0. The van der Waals surface area contributed by atoms with Gasteiger partial charge in [0.15, 0.2) is 12.2 Å². The van der Waals surface area contributed by atoms with Gasteiger partial charge < -0.3 is 33.8 Å². The number of hydrogen-bond acceptors (Lipinski definition) is 15. The summed E-state index contributed by atoms with van der Waals surface area (Å²) in [6, 6.07) is 0. The first-order chi connectivity index (χ1) is 46.9. The maximum absolute atomic E-state index is 13.1. The van der Waals surface area contributed by atoms with Crippen molar-refractivity contribution >= 4 is 39.5 Å². The Hall–Kier alpha value is -1.94. The van der Waals surface area contributed by atoms with Crippen LogP contribution in [0.25, 0.3) is 0 Å². The van der Waals surface area contributed by atoms with Gasteiger partial charge in [-0.2, -0.15) is 0 Å². The number of carbonyl (C=O) groups is 4. The van der Waals surface area contributed by atoms with Gasteiger partial charge >= 0.3 is 39.5 Å². The number of rotatable bonds is 77. The predicted molar refractivity (Wildman–Crippen MR) is 395 cm³/mol. The summed E-state index contributed by atoms with van der Waals surface area (Å²) in [4.78, 5) is 72.9. The molecular weight excluding hydrogens is 1270 g/mol. The Kier molecular flexibility index (Phi) is 68.4. The Balaban J connectivity index is 5.24. The average molecular weight is 1420 g/mol. The van der Waals surface area contributed by atoms with Crippen LogP contribution in [0, 0.1) is 11.8 Å². The van der Waals surface area contributed by atoms with Crippen molar-refractivity contribution in [2.75, 3.05) is 39.6 Å². The fraction of sp³-hybridized carbons (Fsp3) is 0.949. The van der Waals surface area contributed by atoms with Crippen LogP contribution in [0.3, 0.4) is 0 Å². The highest BCUT2D eigenvalue weighted by atomic mass is 31.2. The van der Waals surface area contributed by atoms with Gasteiger partial charge in [-0.15, -0.1) is 0 Å². The van der Waals surface area contributed by atoms with E-state index in [2.05, 4.69) is 41.5 Å². The molecule has 0 aromatic carbocycles. The van der Waals surface area contributed by atoms with Gasteiger partial charge in [0.25, 0.3) is 0 Å². The summed E-state index contributed by atoms with van der Waals surface area (Å²) in [5, 5.41) is 10.6. The highest BCUT2D eigenvalue weighted by Crippen LogP contribution is 2.45. The van der Waals surface area contributed by atoms with E-state index in [0.717, 1.165) is 102 Å². The molecule has 0 radical (unpaired) electrons. The molecule has 0 saturated carbocycles. The highest BCUT2D eigenvalue weighted by Gasteiger charge is 2.30. The summed E-state index contributed by atoms with van der Waals surface area (Å²) >= 11 is 0. The lowest BCUT2D eigenvalue weighted by Crippen LogP contribution is -2.30. The molecule has 0 spiro atoms. The van der Waals surface area contributed by atoms with Crippen LogP contribution in [0.15, 0.2) is 0 Å². The van der Waals surface area contributed by atoms with Gasteiger partial charge in [0, 0.05) is 25.7 Å². The molecule has 3 unspecified atom stereocenters. The molecule has 576 valence electrons. The van der Waals surface area contributed by atoms with E-state index < -0.39 is 97.5 Å². The first kappa shape index (κ1) is 95.1. The molecule has 0 saturated heterocycles. The summed E-state index contributed by atoms with van der Waals surface area (Å²) in [5.74, 6) is -0.549. The van der Waals surface area contributed by atoms with Crippen molar-refractivity contribution in [2.45, 2.75) is 426 Å². The van der Waals surface area contributed by atoms with Crippen molar-refractivity contribution in [1.82, 2.24) is 0 Å². The molecule has 0 aliphatic rings. The van der Waals surface area contributed by atoms with Crippen molar-refractivity contribution in [3.63, 3.8) is 0 Å². The lowest BCUT2D eigenvalue weighted by atomic mass is 9.99. The number of hydrogen-bond donors (Lipinski definition) is 3. The summed E-state index contributed by atoms with van der Waals surface area (Å²) in [6.07, 6.45) is 58.2. The second-order valence-corrected chi connectivity index (χ2v) is 31.7. The molecular formula is C78H152O17P2. The Morgan fingerprint density at radius 2 is 0.526 bits per heavy atom. The lowest BCUT2D eigenvalue weighted by molar-refractivity contribution is -0.161. The molecule has 0 bridgehead atoms. The third-order valence-electron chi connectivity index (χ3n) is 18.6. The van der Waals surface area contributed by atoms with E-state index in [-0.39, 0.29) is 25.7 Å². The Labute approximate surface area is 594 Å². The number of unbranched alkanes of at least 4 members (excludes halogenated alkanes) is 46. The predicted octanol–water partition coefficient (Wildman–Crippen LogP) is 23.1. The van der Waals surface area contributed by atoms with Gasteiger partial charge in [-0.1, -0.05) is 356 Å². The van der Waals surface area contributed by atoms with Gasteiger partial charge in [0.2, 0.25) is 0 Å². The molecule has 0 heterocycles. The highest BCUT2D eigenvalue weighted by molar-refractivity contribution is 7.47. The summed E-state index contributed by atoms with van der Waals surface area (Å²) < 4.78 is 68.6. The van der Waals surface area contributed by atoms with Crippen LogP contribution >= 0.6 is 15.6 Å². The van der Waals surface area contributed by atoms with Crippen LogP contribution in [0.2, 0.25) is 0 Å². The minimum Gasteiger partial charge on any atom is -0.462 e. The van der Waals surface area contributed by atoms with Crippen LogP contribution in [0.5, 0.6) is 0 Å². The maximum atomic E-state index is 13.1. The number of aliphatic hydroxyl groups is 1. The van der Waals surface area contributed by atoms with E-state index >= 15 is 0 Å². The van der Waals surface area contributed by atoms with Crippen LogP contribution in [0.4, 0.5) is 0 Å². The smallest absolute Gasteiger partial charge is 0.462 e. The summed E-state index contributed by atoms with van der Waals surface area (Å²) in [7, 11) is -9.91. The SMILES string of the molecule is CCCCCCCCCCCCCCCCCCCC(=O)OC[C@H](COP(=O)(O)OC[C@@H](O)COP(=O)(O)OC[C@@H](COC(=O)CCCCCCCCCCCCC)OC(=O)CCCCCCCCCCC(C)C)OC(=O)CCCCCCCCCCCCCCCCC(C)CC. The molecule has 0 aromatic rings. The van der Waals surface area contributed by atoms with Crippen molar-refractivity contribution in [2.24, 2.45) is 11.8 Å². The van der Waals surface area contributed by atoms with Crippen molar-refractivity contribution in [3.8, 4) is 0 Å². The van der Waals surface area contributed by atoms with Crippen LogP contribution in [-0.2, 0) is 65.4 Å². The van der Waals surface area contributed by atoms with Crippen LogP contribution in [0.1, 0.15) is 408 Å². The summed E-state index contributed by atoms with van der Waals surface area (Å²) in [6.45, 7) is 9.62. The molecule has 0 fully saturated rings. The first-order valence-electron chi connectivity index (χ1n) is 40.5. The molecule has 3 N–H and O–H groups in total. The van der Waals surface area contributed by atoms with E-state index in [1.54, 1.807) is 0 Å². The van der Waals surface area contributed by atoms with E-state index in [1.807, 2.05) is 0 Å². The molecule has 0 aliphatic heterocycles. The van der Waals surface area contributed by atoms with Gasteiger partial charge in [-0.25, -0.2) is 9.13 Å². The number of carbonyl (C=O) groups excluding carboxylic acids is 4. The largest absolute Gasteiger partial charge is 0.472 e. The molecule has 0 aromatic heterocycles. The molecule has 0 amide bonds. The zero-order valence-electron chi connectivity index (χ0n) is 63.4. The quantitative estimate of drug-likeness (QED) is 0.0222. The van der Waals surface area contributed by atoms with Crippen molar-refractivity contribution in [1.29, 1.82) is 0 Å². The standard InChI is InChI=1S/C78H152O17P2/c1-7-10-12-14-16-18-20-21-22-23-24-28-32-36-43-49-55-61-76(81)89-66-73(94-77(82)62-56-50-44-37-33-29-26-25-27-31-34-41-47-53-59-71(6)9-3)68-92-96(84,85)90-64-72(79)65-91-97(86,87)93-69-74(95-78(83)63-57-51-45-39-38-40-46-52-58-70(4)5)67-88-75(80)60-54-48-42-35-30-19-17-15-13-11-8-2/h70-74,79H,7-69H2,1-6H3,(H,84,85)(H,86,87)/t71?,72-,73-,74-/m1/s1. The number of ether oxygens (including phenoxy) is 4. The van der Waals surface area contributed by atoms with Gasteiger partial charge in [0.05, 0.1) is 26.4 Å². The minimum absolute atomic E-state index is 0.105. The molecule has 97 heavy (non-hydrogen) atoms. The zero-order valence-corrected chi connectivity index (χ0v) is 65.2. The minimum atomic E-state index is -4.96. The van der Waals surface area contributed by atoms with Crippen LogP contribution < -0.4 is 0 Å². The third kappa shape index (κ3) is 70.9. The Morgan fingerprint density at radius 1 is 0.299 bits per heavy atom. The number of esters is 4. The Morgan fingerprint density at radius 3 is 0.784 bits per heavy atom. The van der Waals surface area contributed by atoms with Gasteiger partial charge in [-0.3, -0.25) is 37.3 Å². The number of aliphatic hydroxyl groups excluding tert-OH is 1. The fourth-order valence-electron chi connectivity index (χ4n) is 12.0. The average Bonchev–Trinajstić information content (AvgIpc) is 1.49. The molecule has 0 rings (SSSR count). The van der Waals surface area contributed by atoms with Gasteiger partial charge in [0.1, 0.15) is 19.3 Å². The number of phosphoric ester groups is 2. The second kappa shape index (κ2) is 69.8. The van der Waals surface area contributed by atoms with Crippen LogP contribution in [-0.4, -0.2) is 96.7 Å². The van der Waals surface area contributed by atoms with E-state index in [0.29, 0.717) is 25.7 Å². The lowest BCUT2D eigenvalue weighted by Gasteiger charge is -2.21. The van der Waals surface area contributed by atoms with Crippen molar-refractivity contribution < 1.29 is 80.2 Å². The van der Waals surface area contributed by atoms with E-state index in [9.17, 15) is 43.2 Å². The van der Waals surface area contributed by atoms with Crippen molar-refractivity contribution in [3.05, 3.63) is 0 Å². The molecule has 17 nitrogen and oxygen atoms in total. The molecule has 19 heteroatoms.